The summed E-state index contributed by atoms with van der Waals surface area (Å²) in [7, 11) is 3.69. The Morgan fingerprint density at radius 2 is 1.61 bits per heavy atom. The topological polar surface area (TPSA) is 239 Å². The molecule has 6 rings (SSSR count). The fourth-order valence-electron chi connectivity index (χ4n) is 14.5. The fraction of sp³-hybridized carbons (Fsp3) is 0.868. The number of carbonyl (C=O) groups is 3. The number of esters is 1. The molecule has 18 heteroatoms. The number of rotatable bonds is 9. The molecule has 406 valence electrons. The van der Waals surface area contributed by atoms with Crippen LogP contribution in [-0.2, 0) is 28.6 Å². The van der Waals surface area contributed by atoms with E-state index in [2.05, 4.69) is 5.32 Å². The van der Waals surface area contributed by atoms with Gasteiger partial charge >= 0.3 is 5.97 Å². The molecule has 0 aromatic rings. The Balaban J connectivity index is 1.23. The molecule has 3 saturated carbocycles. The molecule has 0 aromatic carbocycles. The highest BCUT2D eigenvalue weighted by molar-refractivity contribution is 6.26. The van der Waals surface area contributed by atoms with Crippen LogP contribution in [0.15, 0.2) is 23.8 Å². The molecular formula is C53H87ClFN3O13. The van der Waals surface area contributed by atoms with Gasteiger partial charge in [0, 0.05) is 48.5 Å². The monoisotopic (exact) mass is 1030 g/mol. The maximum Gasteiger partial charge on any atom is 0.311 e. The Morgan fingerprint density at radius 1 is 0.958 bits per heavy atom. The van der Waals surface area contributed by atoms with E-state index in [4.69, 9.17) is 25.8 Å². The summed E-state index contributed by atoms with van der Waals surface area (Å²) in [4.78, 5) is 43.1. The van der Waals surface area contributed by atoms with E-state index in [0.717, 1.165) is 0 Å². The van der Waals surface area contributed by atoms with E-state index in [0.29, 0.717) is 19.3 Å². The summed E-state index contributed by atoms with van der Waals surface area (Å²) in [5, 5.41) is 87.5. The first-order valence-electron chi connectivity index (χ1n) is 26.1. The zero-order valence-corrected chi connectivity index (χ0v) is 45.1. The summed E-state index contributed by atoms with van der Waals surface area (Å²) < 4.78 is 34.7. The maximum atomic E-state index is 16.2. The molecule has 71 heavy (non-hydrogen) atoms. The Morgan fingerprint density at radius 3 is 2.23 bits per heavy atom. The molecule has 1 amide bonds. The molecular weight excluding hydrogens is 941 g/mol. The zero-order chi connectivity index (χ0) is 53.3. The van der Waals surface area contributed by atoms with Crippen LogP contribution in [0.3, 0.4) is 0 Å². The van der Waals surface area contributed by atoms with Crippen LogP contribution in [0.1, 0.15) is 121 Å². The minimum atomic E-state index is -1.97. The van der Waals surface area contributed by atoms with Crippen molar-refractivity contribution in [1.29, 1.82) is 0 Å². The van der Waals surface area contributed by atoms with Crippen molar-refractivity contribution in [3.8, 4) is 0 Å². The normalized spacial score (nSPS) is 50.2. The average Bonchev–Trinajstić information content (AvgIpc) is 3.49. The lowest BCUT2D eigenvalue weighted by Crippen LogP contribution is -2.70. The van der Waals surface area contributed by atoms with Gasteiger partial charge in [0.05, 0.1) is 40.8 Å². The molecule has 0 bridgehead atoms. The van der Waals surface area contributed by atoms with Crippen molar-refractivity contribution in [2.24, 2.45) is 46.3 Å². The van der Waals surface area contributed by atoms with E-state index in [1.54, 1.807) is 54.5 Å². The summed E-state index contributed by atoms with van der Waals surface area (Å²) in [6.07, 6.45) is -5.12. The van der Waals surface area contributed by atoms with Crippen molar-refractivity contribution in [3.63, 3.8) is 0 Å². The van der Waals surface area contributed by atoms with Crippen molar-refractivity contribution in [3.05, 3.63) is 23.8 Å². The van der Waals surface area contributed by atoms with Crippen molar-refractivity contribution in [2.75, 3.05) is 33.7 Å². The minimum absolute atomic E-state index is 0.0427. The van der Waals surface area contributed by atoms with Crippen molar-refractivity contribution >= 4 is 29.3 Å². The van der Waals surface area contributed by atoms with Gasteiger partial charge in [0.2, 0.25) is 0 Å². The van der Waals surface area contributed by atoms with E-state index in [1.807, 2.05) is 37.7 Å². The maximum absolute atomic E-state index is 16.2. The number of nitrogens with zero attached hydrogens (tertiary/aromatic N) is 2. The van der Waals surface area contributed by atoms with Crippen LogP contribution in [0.4, 0.5) is 4.39 Å². The Labute approximate surface area is 425 Å². The van der Waals surface area contributed by atoms with E-state index >= 15 is 4.39 Å². The van der Waals surface area contributed by atoms with Gasteiger partial charge in [-0.1, -0.05) is 47.6 Å². The number of aliphatic hydroxyl groups excluding tert-OH is 4. The van der Waals surface area contributed by atoms with E-state index < -0.39 is 129 Å². The number of ketones is 1. The quantitative estimate of drug-likeness (QED) is 0.0939. The first kappa shape index (κ1) is 58.1. The van der Waals surface area contributed by atoms with Crippen molar-refractivity contribution in [1.82, 2.24) is 15.1 Å². The van der Waals surface area contributed by atoms with Gasteiger partial charge in [0.15, 0.2) is 17.7 Å². The van der Waals surface area contributed by atoms with Crippen LogP contribution in [0, 0.1) is 46.3 Å². The number of allylic oxidation sites excluding steroid dienone is 4. The highest BCUT2D eigenvalue weighted by Crippen LogP contribution is 2.71. The Hall–Kier alpha value is -2.13. The van der Waals surface area contributed by atoms with Gasteiger partial charge in [-0.25, -0.2) is 4.39 Å². The number of likely N-dealkylation sites (N-methyl/N-ethyl adjacent to an activating group) is 1. The molecule has 5 fully saturated rings. The molecule has 2 heterocycles. The van der Waals surface area contributed by atoms with Gasteiger partial charge in [-0.15, -0.1) is 11.6 Å². The predicted octanol–water partition coefficient (Wildman–Crippen LogP) is 3.42. The van der Waals surface area contributed by atoms with Gasteiger partial charge in [-0.05, 0) is 135 Å². The molecule has 0 unspecified atom stereocenters. The van der Waals surface area contributed by atoms with E-state index in [9.17, 15) is 50.1 Å². The molecule has 23 atom stereocenters. The summed E-state index contributed by atoms with van der Waals surface area (Å²) in [6, 6.07) is -1.11. The second-order valence-electron chi connectivity index (χ2n) is 24.0. The third-order valence-corrected chi connectivity index (χ3v) is 19.7. The van der Waals surface area contributed by atoms with Crippen LogP contribution in [0.2, 0.25) is 0 Å². The van der Waals surface area contributed by atoms with Gasteiger partial charge in [-0.2, -0.15) is 0 Å². The molecule has 8 N–H and O–H groups in total. The lowest BCUT2D eigenvalue weighted by Gasteiger charge is -2.64. The van der Waals surface area contributed by atoms with Crippen LogP contribution >= 0.6 is 11.6 Å². The van der Waals surface area contributed by atoms with Crippen LogP contribution < -0.4 is 5.32 Å². The number of ether oxygens (including phenoxy) is 3. The number of fused-ring (bicyclic) bond motifs is 5. The number of nitrogens with one attached hydrogen (secondary N) is 1. The Bertz CT molecular complexity index is 2010. The SMILES string of the molecule is CC[C@H]1OC(=O)[C@H](C)[C@@H](O)[C@H](C)[C@@H](O[C@@H]2O[C@H](C)C[C@H](N(C)C)[C@H]2O)[C@](C)(O)C[C@@H](C)CN(CCCNC(=O)[C@@]2(O)[C@H](C)C[C@H]3[C@@H]4C[C@H](F)C5=CC(=O)C=C[C@]5(C)[C@@]4(Cl)[C@@H](O)C[C@@]32C)[C@H](C)[C@@H](O)[C@]1(C)O. The molecule has 4 aliphatic carbocycles. The lowest BCUT2D eigenvalue weighted by atomic mass is 9.45. The summed E-state index contributed by atoms with van der Waals surface area (Å²) >= 11 is 7.53. The fourth-order valence-corrected chi connectivity index (χ4v) is 15.0. The minimum Gasteiger partial charge on any atom is -0.459 e. The van der Waals surface area contributed by atoms with Crippen molar-refractivity contribution in [2.45, 2.75) is 210 Å². The molecule has 2 saturated heterocycles. The highest BCUT2D eigenvalue weighted by atomic mass is 35.5. The first-order chi connectivity index (χ1) is 32.8. The highest BCUT2D eigenvalue weighted by Gasteiger charge is 2.76. The molecule has 0 radical (unpaired) electrons. The zero-order valence-electron chi connectivity index (χ0n) is 44.3. The largest absolute Gasteiger partial charge is 0.459 e. The predicted molar refractivity (Wildman–Crippen MR) is 264 cm³/mol. The standard InChI is InChI=1S/C53H87ClFN3O13/c1-14-40-51(11,67)43(63)32(7)58(26-27(2)24-50(10,66)44(30(5)41(61)31(6)45(64)70-40)71-46-42(62)38(57(12)13)21-29(4)69-46)19-15-18-56-47(65)53(68)28(3)20-34-35-23-37(55)36-22-33(59)16-17-48(36,8)52(35,54)39(60)25-49(34,53)9/h16-17,22,27-32,34-35,37-44,46,60-63,66-68H,14-15,18-21,23-26H2,1-13H3,(H,56,65)/t27-,28-,29-,30+,31-,32-,34+,35+,37+,38+,39+,40-,41+,42-,43-,44-,46+,48+,49+,50-,51-,52+,53+/m1/s1. The molecule has 16 nitrogen and oxygen atoms in total. The first-order valence-corrected chi connectivity index (χ1v) is 26.5. The van der Waals surface area contributed by atoms with Gasteiger partial charge < -0.3 is 60.2 Å². The summed E-state index contributed by atoms with van der Waals surface area (Å²) in [5.74, 6) is -5.90. The molecule has 0 spiro atoms. The molecule has 2 aliphatic heterocycles. The number of hydrogen-bond donors (Lipinski definition) is 8. The number of alkyl halides is 2. The number of cyclic esters (lactones) is 1. The Kier molecular flexibility index (Phi) is 17.3. The average molecular weight is 1030 g/mol. The van der Waals surface area contributed by atoms with Crippen LogP contribution in [0.5, 0.6) is 0 Å². The van der Waals surface area contributed by atoms with Gasteiger partial charge in [-0.3, -0.25) is 19.3 Å². The van der Waals surface area contributed by atoms with Gasteiger partial charge in [0.1, 0.15) is 30.1 Å². The third-order valence-electron chi connectivity index (χ3n) is 18.8. The van der Waals surface area contributed by atoms with E-state index in [1.165, 1.54) is 26.0 Å². The van der Waals surface area contributed by atoms with Gasteiger partial charge in [0.25, 0.3) is 5.91 Å². The molecule has 0 aromatic heterocycles. The van der Waals surface area contributed by atoms with Crippen molar-refractivity contribution < 1.29 is 68.7 Å². The van der Waals surface area contributed by atoms with Crippen LogP contribution in [0.25, 0.3) is 0 Å². The van der Waals surface area contributed by atoms with Crippen LogP contribution in [-0.4, -0.2) is 186 Å². The number of aliphatic hydroxyl groups is 7. The lowest BCUT2D eigenvalue weighted by molar-refractivity contribution is -0.299. The second kappa shape index (κ2) is 21.1. The number of carbonyl (C=O) groups excluding carboxylic acids is 3. The second-order valence-corrected chi connectivity index (χ2v) is 24.7. The summed E-state index contributed by atoms with van der Waals surface area (Å²) in [5.41, 5.74) is -7.78. The third kappa shape index (κ3) is 10.1. The van der Waals surface area contributed by atoms with E-state index in [-0.39, 0.29) is 74.7 Å². The number of hydrogen-bond acceptors (Lipinski definition) is 15. The smallest absolute Gasteiger partial charge is 0.311 e. The number of halogens is 2. The summed E-state index contributed by atoms with van der Waals surface area (Å²) in [6.45, 7) is 19.3. The molecule has 6 aliphatic rings. The number of amides is 1.